The average molecular weight is 254 g/mol. The molecule has 0 heterocycles. The number of benzene rings is 1. The highest BCUT2D eigenvalue weighted by Gasteiger charge is 2.20. The summed E-state index contributed by atoms with van der Waals surface area (Å²) in [4.78, 5) is 0. The molecule has 0 radical (unpaired) electrons. The van der Waals surface area contributed by atoms with Crippen molar-refractivity contribution in [3.8, 4) is 11.5 Å². The number of rotatable bonds is 1. The van der Waals surface area contributed by atoms with E-state index < -0.39 is 8.07 Å². The van der Waals surface area contributed by atoms with Crippen molar-refractivity contribution >= 4 is 8.07 Å². The summed E-state index contributed by atoms with van der Waals surface area (Å²) in [6.07, 6.45) is 5.88. The molecule has 0 aliphatic heterocycles. The Labute approximate surface area is 112 Å². The molecule has 1 atom stereocenters. The molecule has 2 rings (SSSR count). The monoisotopic (exact) mass is 254 g/mol. The van der Waals surface area contributed by atoms with Crippen molar-refractivity contribution < 1.29 is 0 Å². The Bertz CT molecular complexity index is 480. The van der Waals surface area contributed by atoms with Crippen LogP contribution in [0, 0.1) is 11.5 Å². The number of allylic oxidation sites excluding steroid dienone is 2. The second-order valence-electron chi connectivity index (χ2n) is 6.17. The summed E-state index contributed by atoms with van der Waals surface area (Å²) in [5, 5.41) is 0. The van der Waals surface area contributed by atoms with Crippen molar-refractivity contribution in [3.05, 3.63) is 47.5 Å². The lowest BCUT2D eigenvalue weighted by atomic mass is 9.97. The van der Waals surface area contributed by atoms with Gasteiger partial charge in [-0.3, -0.25) is 0 Å². The van der Waals surface area contributed by atoms with E-state index in [-0.39, 0.29) is 0 Å². The van der Waals surface area contributed by atoms with Gasteiger partial charge >= 0.3 is 0 Å². The Hall–Kier alpha value is -1.26. The summed E-state index contributed by atoms with van der Waals surface area (Å²) >= 11 is 0. The van der Waals surface area contributed by atoms with Crippen LogP contribution in [0.25, 0.3) is 0 Å². The number of hydrogen-bond acceptors (Lipinski definition) is 0. The molecule has 0 nitrogen and oxygen atoms in total. The van der Waals surface area contributed by atoms with Crippen LogP contribution in [0.3, 0.4) is 0 Å². The van der Waals surface area contributed by atoms with Gasteiger partial charge in [0.15, 0.2) is 0 Å². The number of hydrogen-bond donors (Lipinski definition) is 0. The minimum absolute atomic E-state index is 0.714. The van der Waals surface area contributed by atoms with E-state index in [2.05, 4.69) is 67.5 Å². The molecule has 0 aromatic heterocycles. The smallest absolute Gasteiger partial charge is 0.127 e. The lowest BCUT2D eigenvalue weighted by Gasteiger charge is -2.07. The van der Waals surface area contributed by atoms with Crippen LogP contribution in [-0.2, 0) is 0 Å². The molecule has 1 aliphatic rings. The van der Waals surface area contributed by atoms with Crippen LogP contribution in [-0.4, -0.2) is 8.07 Å². The first-order chi connectivity index (χ1) is 8.54. The first-order valence-corrected chi connectivity index (χ1v) is 10.3. The summed E-state index contributed by atoms with van der Waals surface area (Å²) < 4.78 is 0. The van der Waals surface area contributed by atoms with Gasteiger partial charge in [-0.15, -0.1) is 5.54 Å². The molecule has 94 valence electrons. The molecule has 0 amide bonds. The fourth-order valence-corrected chi connectivity index (χ4v) is 2.88. The summed E-state index contributed by atoms with van der Waals surface area (Å²) in [7, 11) is -1.22. The molecule has 1 aromatic carbocycles. The lowest BCUT2D eigenvalue weighted by Crippen LogP contribution is -2.16. The minimum Gasteiger partial charge on any atom is -0.127 e. The largest absolute Gasteiger partial charge is 0.129 e. The van der Waals surface area contributed by atoms with Crippen molar-refractivity contribution in [1.82, 2.24) is 0 Å². The Morgan fingerprint density at radius 1 is 1.17 bits per heavy atom. The van der Waals surface area contributed by atoms with Gasteiger partial charge in [-0.25, -0.2) is 0 Å². The van der Waals surface area contributed by atoms with Crippen LogP contribution in [0.5, 0.6) is 0 Å². The predicted octanol–water partition coefficient (Wildman–Crippen LogP) is 4.76. The highest BCUT2D eigenvalue weighted by Crippen LogP contribution is 2.37. The van der Waals surface area contributed by atoms with Crippen molar-refractivity contribution in [2.24, 2.45) is 0 Å². The first-order valence-electron chi connectivity index (χ1n) is 6.80. The highest BCUT2D eigenvalue weighted by molar-refractivity contribution is 6.83. The third-order valence-electron chi connectivity index (χ3n) is 3.32. The molecule has 1 heteroatoms. The first kappa shape index (κ1) is 13.2. The molecule has 0 spiro atoms. The van der Waals surface area contributed by atoms with Crippen LogP contribution < -0.4 is 0 Å². The zero-order valence-corrected chi connectivity index (χ0v) is 12.7. The Morgan fingerprint density at radius 2 is 1.89 bits per heavy atom. The van der Waals surface area contributed by atoms with Gasteiger partial charge in [-0.05, 0) is 36.8 Å². The maximum atomic E-state index is 3.42. The van der Waals surface area contributed by atoms with Crippen LogP contribution in [0.2, 0.25) is 19.6 Å². The molecule has 1 aromatic rings. The van der Waals surface area contributed by atoms with Crippen molar-refractivity contribution in [2.75, 3.05) is 0 Å². The zero-order valence-electron chi connectivity index (χ0n) is 11.7. The Balaban J connectivity index is 2.00. The minimum atomic E-state index is -1.22. The maximum Gasteiger partial charge on any atom is 0.129 e. The average Bonchev–Trinajstić information content (AvgIpc) is 2.77. The van der Waals surface area contributed by atoms with E-state index >= 15 is 0 Å². The molecule has 1 saturated carbocycles. The van der Waals surface area contributed by atoms with Crippen LogP contribution in [0.1, 0.15) is 30.7 Å². The van der Waals surface area contributed by atoms with Crippen molar-refractivity contribution in [3.63, 3.8) is 0 Å². The third-order valence-corrected chi connectivity index (χ3v) is 4.21. The van der Waals surface area contributed by atoms with E-state index in [1.807, 2.05) is 0 Å². The van der Waals surface area contributed by atoms with E-state index in [9.17, 15) is 0 Å². The van der Waals surface area contributed by atoms with Gasteiger partial charge in [-0.1, -0.05) is 61.5 Å². The van der Waals surface area contributed by atoms with Gasteiger partial charge in [0.05, 0.1) is 0 Å². The molecular formula is C17H22Si. The molecule has 1 unspecified atom stereocenters. The Morgan fingerprint density at radius 3 is 2.56 bits per heavy atom. The van der Waals surface area contributed by atoms with Gasteiger partial charge in [0.2, 0.25) is 0 Å². The maximum absolute atomic E-state index is 3.42. The normalized spacial score (nSPS) is 21.7. The second-order valence-corrected chi connectivity index (χ2v) is 10.9. The van der Waals surface area contributed by atoms with Gasteiger partial charge in [-0.2, -0.15) is 0 Å². The fourth-order valence-electron chi connectivity index (χ4n) is 2.38. The molecule has 0 bridgehead atoms. The van der Waals surface area contributed by atoms with E-state index in [1.165, 1.54) is 30.4 Å². The van der Waals surface area contributed by atoms with Gasteiger partial charge in [0.25, 0.3) is 0 Å². The summed E-state index contributed by atoms with van der Waals surface area (Å²) in [5.74, 6) is 4.00. The SMILES string of the molecule is C[Si](C)(C)C#C/C=C1/CCC(c2ccccc2)C1. The van der Waals surface area contributed by atoms with Crippen LogP contribution in [0.15, 0.2) is 42.0 Å². The fraction of sp³-hybridized carbons (Fsp3) is 0.412. The van der Waals surface area contributed by atoms with Gasteiger partial charge in [0, 0.05) is 0 Å². The van der Waals surface area contributed by atoms with Crippen LogP contribution >= 0.6 is 0 Å². The van der Waals surface area contributed by atoms with Gasteiger partial charge < -0.3 is 0 Å². The standard InChI is InChI=1S/C17H22Si/c1-18(2,3)13-7-8-15-11-12-17(14-15)16-9-5-4-6-10-16/h4-6,8-10,17H,11-12,14H2,1-3H3/b15-8-. The molecule has 0 N–H and O–H groups in total. The summed E-state index contributed by atoms with van der Waals surface area (Å²) in [5.41, 5.74) is 6.44. The zero-order chi connectivity index (χ0) is 13.0. The molecule has 18 heavy (non-hydrogen) atoms. The van der Waals surface area contributed by atoms with Crippen LogP contribution in [0.4, 0.5) is 0 Å². The third kappa shape index (κ3) is 3.89. The van der Waals surface area contributed by atoms with Crippen molar-refractivity contribution in [1.29, 1.82) is 0 Å². The highest BCUT2D eigenvalue weighted by atomic mass is 28.3. The Kier molecular flexibility index (Phi) is 4.09. The predicted molar refractivity (Wildman–Crippen MR) is 82.2 cm³/mol. The quantitative estimate of drug-likeness (QED) is 0.500. The van der Waals surface area contributed by atoms with E-state index in [4.69, 9.17) is 0 Å². The lowest BCUT2D eigenvalue weighted by molar-refractivity contribution is 0.730. The second kappa shape index (κ2) is 5.59. The molecule has 1 fully saturated rings. The molecule has 1 aliphatic carbocycles. The van der Waals surface area contributed by atoms with E-state index in [1.54, 1.807) is 0 Å². The van der Waals surface area contributed by atoms with Gasteiger partial charge in [0.1, 0.15) is 8.07 Å². The molecular weight excluding hydrogens is 232 g/mol. The van der Waals surface area contributed by atoms with Crippen molar-refractivity contribution in [2.45, 2.75) is 44.8 Å². The summed E-state index contributed by atoms with van der Waals surface area (Å²) in [6, 6.07) is 10.9. The van der Waals surface area contributed by atoms with E-state index in [0.717, 1.165) is 0 Å². The van der Waals surface area contributed by atoms with E-state index in [0.29, 0.717) is 5.92 Å². The topological polar surface area (TPSA) is 0 Å². The summed E-state index contributed by atoms with van der Waals surface area (Å²) in [6.45, 7) is 6.87. The molecule has 0 saturated heterocycles.